The molecule has 1 nitrogen and oxygen atoms in total. The van der Waals surface area contributed by atoms with Gasteiger partial charge in [-0.05, 0) is 32.1 Å². The fourth-order valence-electron chi connectivity index (χ4n) is 2.18. The zero-order valence-electron chi connectivity index (χ0n) is 12.5. The summed E-state index contributed by atoms with van der Waals surface area (Å²) < 4.78 is 0. The van der Waals surface area contributed by atoms with Gasteiger partial charge in [-0.25, -0.2) is 0 Å². The Kier molecular flexibility index (Phi) is 16.4. The molecule has 18 heavy (non-hydrogen) atoms. The second-order valence-electron chi connectivity index (χ2n) is 5.31. The van der Waals surface area contributed by atoms with Crippen LogP contribution in [0, 0.1) is 0 Å². The lowest BCUT2D eigenvalue weighted by molar-refractivity contribution is 0.283. The Morgan fingerprint density at radius 3 is 1.56 bits per heavy atom. The van der Waals surface area contributed by atoms with Crippen molar-refractivity contribution in [3.8, 4) is 0 Å². The molecule has 1 N–H and O–H groups in total. The summed E-state index contributed by atoms with van der Waals surface area (Å²) in [6.45, 7) is 2.62. The molecule has 0 radical (unpaired) electrons. The monoisotopic (exact) mass is 254 g/mol. The molecule has 0 aliphatic rings. The molecule has 0 aliphatic carbocycles. The van der Waals surface area contributed by atoms with Crippen molar-refractivity contribution in [3.63, 3.8) is 0 Å². The molecule has 0 spiro atoms. The average Bonchev–Trinajstić information content (AvgIpc) is 2.39. The molecule has 0 atom stereocenters. The number of allylic oxidation sites excluding steroid dienone is 2. The molecule has 0 heterocycles. The van der Waals surface area contributed by atoms with E-state index in [-0.39, 0.29) is 0 Å². The first-order valence-corrected chi connectivity index (χ1v) is 8.17. The van der Waals surface area contributed by atoms with Crippen molar-refractivity contribution in [1.29, 1.82) is 0 Å². The van der Waals surface area contributed by atoms with Gasteiger partial charge >= 0.3 is 0 Å². The summed E-state index contributed by atoms with van der Waals surface area (Å²) in [5, 5.41) is 8.64. The quantitative estimate of drug-likeness (QED) is 0.315. The molecule has 0 saturated carbocycles. The maximum Gasteiger partial charge on any atom is 0.0431 e. The lowest BCUT2D eigenvalue weighted by Gasteiger charge is -1.99. The summed E-state index contributed by atoms with van der Waals surface area (Å²) in [5.41, 5.74) is 0. The number of rotatable bonds is 14. The largest absolute Gasteiger partial charge is 0.396 e. The SMILES string of the molecule is CCCCCCCCCC/C=C\CCCCCO. The van der Waals surface area contributed by atoms with Crippen molar-refractivity contribution in [1.82, 2.24) is 0 Å². The standard InChI is InChI=1S/C17H34O/c1-2-3-4-5-6-7-8-9-10-11-12-13-14-15-16-17-18/h11-12,18H,2-10,13-17H2,1H3/b12-11-. The Morgan fingerprint density at radius 2 is 1.06 bits per heavy atom. The fourth-order valence-corrected chi connectivity index (χ4v) is 2.18. The molecule has 0 aromatic rings. The average molecular weight is 254 g/mol. The van der Waals surface area contributed by atoms with Gasteiger partial charge in [0.1, 0.15) is 0 Å². The van der Waals surface area contributed by atoms with Gasteiger partial charge in [-0.3, -0.25) is 0 Å². The smallest absolute Gasteiger partial charge is 0.0431 e. The van der Waals surface area contributed by atoms with E-state index in [2.05, 4.69) is 19.1 Å². The van der Waals surface area contributed by atoms with Gasteiger partial charge in [0.05, 0.1) is 0 Å². The van der Waals surface area contributed by atoms with Crippen molar-refractivity contribution in [3.05, 3.63) is 12.2 Å². The first-order chi connectivity index (χ1) is 8.91. The van der Waals surface area contributed by atoms with Crippen LogP contribution in [0.5, 0.6) is 0 Å². The topological polar surface area (TPSA) is 20.2 Å². The van der Waals surface area contributed by atoms with E-state index in [1.165, 1.54) is 77.0 Å². The van der Waals surface area contributed by atoms with E-state index in [1.807, 2.05) is 0 Å². The predicted octanol–water partition coefficient (Wildman–Crippen LogP) is 5.63. The van der Waals surface area contributed by atoms with Crippen molar-refractivity contribution in [2.24, 2.45) is 0 Å². The molecule has 0 aromatic heterocycles. The Hall–Kier alpha value is -0.300. The number of hydrogen-bond donors (Lipinski definition) is 1. The molecule has 1 heteroatoms. The number of aliphatic hydroxyl groups excluding tert-OH is 1. The maximum atomic E-state index is 8.64. The molecule has 0 saturated heterocycles. The molecule has 0 unspecified atom stereocenters. The van der Waals surface area contributed by atoms with Crippen molar-refractivity contribution in [2.45, 2.75) is 90.4 Å². The van der Waals surface area contributed by atoms with Gasteiger partial charge in [0.25, 0.3) is 0 Å². The number of unbranched alkanes of at least 4 members (excludes halogenated alkanes) is 11. The van der Waals surface area contributed by atoms with E-state index in [1.54, 1.807) is 0 Å². The van der Waals surface area contributed by atoms with Crippen LogP contribution in [-0.4, -0.2) is 11.7 Å². The van der Waals surface area contributed by atoms with Crippen LogP contribution in [0.25, 0.3) is 0 Å². The number of hydrogen-bond acceptors (Lipinski definition) is 1. The van der Waals surface area contributed by atoms with Gasteiger partial charge in [-0.2, -0.15) is 0 Å². The van der Waals surface area contributed by atoms with E-state index >= 15 is 0 Å². The molecule has 0 bridgehead atoms. The molecule has 0 aliphatic heterocycles. The summed E-state index contributed by atoms with van der Waals surface area (Å²) in [6.07, 6.45) is 21.7. The normalized spacial score (nSPS) is 11.4. The second kappa shape index (κ2) is 16.7. The molecular formula is C17H34O. The van der Waals surface area contributed by atoms with E-state index in [0.29, 0.717) is 6.61 Å². The van der Waals surface area contributed by atoms with Crippen LogP contribution in [-0.2, 0) is 0 Å². The van der Waals surface area contributed by atoms with Crippen LogP contribution in [0.2, 0.25) is 0 Å². The fraction of sp³-hybridized carbons (Fsp3) is 0.882. The predicted molar refractivity (Wildman–Crippen MR) is 81.9 cm³/mol. The lowest BCUT2D eigenvalue weighted by Crippen LogP contribution is -1.82. The van der Waals surface area contributed by atoms with Crippen LogP contribution in [0.3, 0.4) is 0 Å². The molecule has 0 fully saturated rings. The van der Waals surface area contributed by atoms with Crippen LogP contribution in [0.1, 0.15) is 90.4 Å². The highest BCUT2D eigenvalue weighted by Crippen LogP contribution is 2.10. The molecular weight excluding hydrogens is 220 g/mol. The Balaban J connectivity index is 2.99. The minimum atomic E-state index is 0.349. The first-order valence-electron chi connectivity index (χ1n) is 8.17. The summed E-state index contributed by atoms with van der Waals surface area (Å²) in [5.74, 6) is 0. The summed E-state index contributed by atoms with van der Waals surface area (Å²) in [6, 6.07) is 0. The summed E-state index contributed by atoms with van der Waals surface area (Å²) in [4.78, 5) is 0. The zero-order chi connectivity index (χ0) is 13.3. The van der Waals surface area contributed by atoms with Gasteiger partial charge in [0.15, 0.2) is 0 Å². The van der Waals surface area contributed by atoms with E-state index < -0.39 is 0 Å². The van der Waals surface area contributed by atoms with Crippen molar-refractivity contribution in [2.75, 3.05) is 6.61 Å². The van der Waals surface area contributed by atoms with E-state index in [4.69, 9.17) is 5.11 Å². The maximum absolute atomic E-state index is 8.64. The van der Waals surface area contributed by atoms with Gasteiger partial charge in [0.2, 0.25) is 0 Å². The highest BCUT2D eigenvalue weighted by atomic mass is 16.2. The van der Waals surface area contributed by atoms with Crippen molar-refractivity contribution < 1.29 is 5.11 Å². The van der Waals surface area contributed by atoms with Gasteiger partial charge < -0.3 is 5.11 Å². The second-order valence-corrected chi connectivity index (χ2v) is 5.31. The molecule has 0 aromatic carbocycles. The van der Waals surface area contributed by atoms with Crippen LogP contribution in [0.4, 0.5) is 0 Å². The van der Waals surface area contributed by atoms with Crippen LogP contribution in [0.15, 0.2) is 12.2 Å². The van der Waals surface area contributed by atoms with Gasteiger partial charge in [0, 0.05) is 6.61 Å². The van der Waals surface area contributed by atoms with Gasteiger partial charge in [-0.15, -0.1) is 0 Å². The van der Waals surface area contributed by atoms with Gasteiger partial charge in [-0.1, -0.05) is 70.4 Å². The summed E-state index contributed by atoms with van der Waals surface area (Å²) >= 11 is 0. The Morgan fingerprint density at radius 1 is 0.611 bits per heavy atom. The molecule has 108 valence electrons. The summed E-state index contributed by atoms with van der Waals surface area (Å²) in [7, 11) is 0. The van der Waals surface area contributed by atoms with Crippen LogP contribution >= 0.6 is 0 Å². The lowest BCUT2D eigenvalue weighted by atomic mass is 10.1. The third-order valence-electron chi connectivity index (χ3n) is 3.42. The third kappa shape index (κ3) is 15.7. The first kappa shape index (κ1) is 17.7. The van der Waals surface area contributed by atoms with Crippen molar-refractivity contribution >= 4 is 0 Å². The highest BCUT2D eigenvalue weighted by molar-refractivity contribution is 4.81. The van der Waals surface area contributed by atoms with E-state index in [0.717, 1.165) is 6.42 Å². The van der Waals surface area contributed by atoms with Crippen LogP contribution < -0.4 is 0 Å². The molecule has 0 amide bonds. The molecule has 0 rings (SSSR count). The minimum absolute atomic E-state index is 0.349. The third-order valence-corrected chi connectivity index (χ3v) is 3.42. The van der Waals surface area contributed by atoms with E-state index in [9.17, 15) is 0 Å². The zero-order valence-corrected chi connectivity index (χ0v) is 12.5. The minimum Gasteiger partial charge on any atom is -0.396 e. The number of aliphatic hydroxyl groups is 1. The Bertz CT molecular complexity index is 163. The highest BCUT2D eigenvalue weighted by Gasteiger charge is 1.90. The Labute approximate surface area is 115 Å².